The maximum Gasteiger partial charge on any atom is 0.488 e. The minimum Gasteiger partial charge on any atom is -0.497 e. The van der Waals surface area contributed by atoms with E-state index in [4.69, 9.17) is 4.74 Å². The second kappa shape index (κ2) is 7.27. The molecule has 116 valence electrons. The standard InChI is InChI=1S/C15H25BN2O3/c1-12(2)18-8-6-17(7-9-18)11-13-10-14(21-3)4-5-15(13)16(19)20/h4-5,10,12,19-20H,6-9,11H2,1-3H3. The van der Waals surface area contributed by atoms with Crippen molar-refractivity contribution in [1.82, 2.24) is 9.80 Å². The quantitative estimate of drug-likeness (QED) is 0.742. The molecule has 0 aromatic heterocycles. The average Bonchev–Trinajstić information content (AvgIpc) is 2.47. The van der Waals surface area contributed by atoms with Gasteiger partial charge in [-0.3, -0.25) is 9.80 Å². The van der Waals surface area contributed by atoms with Crippen molar-refractivity contribution in [2.45, 2.75) is 26.4 Å². The zero-order chi connectivity index (χ0) is 15.4. The summed E-state index contributed by atoms with van der Waals surface area (Å²) in [6, 6.07) is 5.96. The van der Waals surface area contributed by atoms with E-state index in [0.29, 0.717) is 11.5 Å². The molecule has 1 aliphatic rings. The Kier molecular flexibility index (Phi) is 5.64. The molecule has 1 aliphatic heterocycles. The number of hydrogen-bond donors (Lipinski definition) is 2. The van der Waals surface area contributed by atoms with Gasteiger partial charge in [0.05, 0.1) is 7.11 Å². The van der Waals surface area contributed by atoms with E-state index in [-0.39, 0.29) is 0 Å². The van der Waals surface area contributed by atoms with Gasteiger partial charge in [-0.25, -0.2) is 0 Å². The molecule has 0 spiro atoms. The number of methoxy groups -OCH3 is 1. The van der Waals surface area contributed by atoms with Crippen LogP contribution in [-0.4, -0.2) is 66.3 Å². The van der Waals surface area contributed by atoms with Crippen LogP contribution in [0.5, 0.6) is 5.75 Å². The minimum absolute atomic E-state index is 0.557. The van der Waals surface area contributed by atoms with E-state index in [1.165, 1.54) is 0 Å². The van der Waals surface area contributed by atoms with Gasteiger partial charge < -0.3 is 14.8 Å². The van der Waals surface area contributed by atoms with Crippen LogP contribution in [0.2, 0.25) is 0 Å². The summed E-state index contributed by atoms with van der Waals surface area (Å²) in [5.74, 6) is 0.746. The van der Waals surface area contributed by atoms with Gasteiger partial charge in [0.15, 0.2) is 0 Å². The van der Waals surface area contributed by atoms with Crippen LogP contribution in [0.4, 0.5) is 0 Å². The molecule has 6 heteroatoms. The van der Waals surface area contributed by atoms with E-state index in [0.717, 1.165) is 44.0 Å². The number of nitrogens with zero attached hydrogens (tertiary/aromatic N) is 2. The molecule has 21 heavy (non-hydrogen) atoms. The zero-order valence-corrected chi connectivity index (χ0v) is 13.1. The van der Waals surface area contributed by atoms with Crippen molar-refractivity contribution in [2.24, 2.45) is 0 Å². The van der Waals surface area contributed by atoms with Crippen molar-refractivity contribution in [3.05, 3.63) is 23.8 Å². The fraction of sp³-hybridized carbons (Fsp3) is 0.600. The number of piperazine rings is 1. The average molecular weight is 292 g/mol. The fourth-order valence-electron chi connectivity index (χ4n) is 2.78. The molecule has 1 fully saturated rings. The van der Waals surface area contributed by atoms with Crippen molar-refractivity contribution in [3.63, 3.8) is 0 Å². The molecule has 0 unspecified atom stereocenters. The maximum atomic E-state index is 9.50. The Bertz CT molecular complexity index is 460. The minimum atomic E-state index is -1.44. The summed E-state index contributed by atoms with van der Waals surface area (Å²) in [5.41, 5.74) is 1.48. The van der Waals surface area contributed by atoms with Crippen LogP contribution < -0.4 is 10.2 Å². The van der Waals surface area contributed by atoms with Gasteiger partial charge in [0, 0.05) is 38.8 Å². The monoisotopic (exact) mass is 292 g/mol. The normalized spacial score (nSPS) is 17.2. The van der Waals surface area contributed by atoms with Crippen LogP contribution in [0.3, 0.4) is 0 Å². The molecule has 0 saturated carbocycles. The maximum absolute atomic E-state index is 9.50. The third-order valence-electron chi connectivity index (χ3n) is 4.16. The largest absolute Gasteiger partial charge is 0.497 e. The topological polar surface area (TPSA) is 56.2 Å². The second-order valence-electron chi connectivity index (χ2n) is 5.84. The van der Waals surface area contributed by atoms with Gasteiger partial charge in [-0.2, -0.15) is 0 Å². The Balaban J connectivity index is 2.05. The number of benzene rings is 1. The summed E-state index contributed by atoms with van der Waals surface area (Å²) in [6.45, 7) is 9.26. The van der Waals surface area contributed by atoms with Crippen molar-refractivity contribution in [3.8, 4) is 5.75 Å². The molecule has 1 aromatic rings. The Labute approximate surface area is 127 Å². The van der Waals surface area contributed by atoms with Crippen LogP contribution in [0, 0.1) is 0 Å². The van der Waals surface area contributed by atoms with E-state index >= 15 is 0 Å². The highest BCUT2D eigenvalue weighted by atomic mass is 16.5. The molecule has 1 heterocycles. The van der Waals surface area contributed by atoms with Crippen molar-refractivity contribution >= 4 is 12.6 Å². The highest BCUT2D eigenvalue weighted by molar-refractivity contribution is 6.59. The first-order valence-corrected chi connectivity index (χ1v) is 7.50. The molecule has 0 atom stereocenters. The lowest BCUT2D eigenvalue weighted by molar-refractivity contribution is 0.104. The summed E-state index contributed by atoms with van der Waals surface area (Å²) < 4.78 is 5.24. The molecule has 0 radical (unpaired) electrons. The molecular formula is C15H25BN2O3. The van der Waals surface area contributed by atoms with E-state index in [1.807, 2.05) is 6.07 Å². The third-order valence-corrected chi connectivity index (χ3v) is 4.16. The first kappa shape index (κ1) is 16.3. The lowest BCUT2D eigenvalue weighted by atomic mass is 9.77. The van der Waals surface area contributed by atoms with Crippen molar-refractivity contribution in [2.75, 3.05) is 33.3 Å². The van der Waals surface area contributed by atoms with Crippen molar-refractivity contribution < 1.29 is 14.8 Å². The Morgan fingerprint density at radius 1 is 1.19 bits per heavy atom. The lowest BCUT2D eigenvalue weighted by Gasteiger charge is -2.37. The highest BCUT2D eigenvalue weighted by Crippen LogP contribution is 2.15. The highest BCUT2D eigenvalue weighted by Gasteiger charge is 2.22. The zero-order valence-electron chi connectivity index (χ0n) is 13.1. The van der Waals surface area contributed by atoms with E-state index < -0.39 is 7.12 Å². The third kappa shape index (κ3) is 4.20. The molecule has 2 rings (SSSR count). The summed E-state index contributed by atoms with van der Waals surface area (Å²) in [7, 11) is 0.179. The summed E-state index contributed by atoms with van der Waals surface area (Å²) in [5, 5.41) is 19.0. The molecule has 1 aromatic carbocycles. The number of ether oxygens (including phenoxy) is 1. The predicted molar refractivity (Wildman–Crippen MR) is 84.8 cm³/mol. The van der Waals surface area contributed by atoms with E-state index in [9.17, 15) is 10.0 Å². The van der Waals surface area contributed by atoms with Crippen LogP contribution >= 0.6 is 0 Å². The van der Waals surface area contributed by atoms with Gasteiger partial charge in [0.2, 0.25) is 0 Å². The van der Waals surface area contributed by atoms with E-state index in [2.05, 4.69) is 23.6 Å². The summed E-state index contributed by atoms with van der Waals surface area (Å²) in [4.78, 5) is 4.81. The summed E-state index contributed by atoms with van der Waals surface area (Å²) >= 11 is 0. The Hall–Kier alpha value is -1.08. The lowest BCUT2D eigenvalue weighted by Crippen LogP contribution is -2.49. The van der Waals surface area contributed by atoms with Gasteiger partial charge in [0.25, 0.3) is 0 Å². The number of rotatable bonds is 5. The van der Waals surface area contributed by atoms with Gasteiger partial charge in [-0.1, -0.05) is 6.07 Å². The van der Waals surface area contributed by atoms with Crippen LogP contribution in [0.25, 0.3) is 0 Å². The summed E-state index contributed by atoms with van der Waals surface area (Å²) in [6.07, 6.45) is 0. The Morgan fingerprint density at radius 3 is 2.38 bits per heavy atom. The van der Waals surface area contributed by atoms with Gasteiger partial charge >= 0.3 is 7.12 Å². The first-order chi connectivity index (χ1) is 10.0. The van der Waals surface area contributed by atoms with Crippen LogP contribution in [-0.2, 0) is 6.54 Å². The molecule has 5 nitrogen and oxygen atoms in total. The van der Waals surface area contributed by atoms with Gasteiger partial charge in [0.1, 0.15) is 5.75 Å². The van der Waals surface area contributed by atoms with Crippen LogP contribution in [0.15, 0.2) is 18.2 Å². The SMILES string of the molecule is COc1ccc(B(O)O)c(CN2CCN(C(C)C)CC2)c1. The van der Waals surface area contributed by atoms with E-state index in [1.54, 1.807) is 19.2 Å². The predicted octanol–water partition coefficient (Wildman–Crippen LogP) is -0.0990. The molecule has 0 amide bonds. The number of hydrogen-bond acceptors (Lipinski definition) is 5. The molecule has 2 N–H and O–H groups in total. The van der Waals surface area contributed by atoms with Crippen molar-refractivity contribution in [1.29, 1.82) is 0 Å². The van der Waals surface area contributed by atoms with Gasteiger partial charge in [-0.05, 0) is 37.0 Å². The van der Waals surface area contributed by atoms with Gasteiger partial charge in [-0.15, -0.1) is 0 Å². The first-order valence-electron chi connectivity index (χ1n) is 7.50. The second-order valence-corrected chi connectivity index (χ2v) is 5.84. The molecule has 1 saturated heterocycles. The Morgan fingerprint density at radius 2 is 1.86 bits per heavy atom. The van der Waals surface area contributed by atoms with Crippen LogP contribution in [0.1, 0.15) is 19.4 Å². The molecule has 0 aliphatic carbocycles. The smallest absolute Gasteiger partial charge is 0.488 e. The fourth-order valence-corrected chi connectivity index (χ4v) is 2.78. The molecular weight excluding hydrogens is 267 g/mol. The molecule has 0 bridgehead atoms.